The second-order valence-electron chi connectivity index (χ2n) is 6.39. The molecule has 1 N–H and O–H groups in total. The first-order valence-corrected chi connectivity index (χ1v) is 11.8. The molecular formula is C21H13Cl2N3O2S3. The van der Waals surface area contributed by atoms with E-state index in [9.17, 15) is 9.59 Å². The quantitative estimate of drug-likeness (QED) is 0.342. The maximum atomic E-state index is 12.8. The van der Waals surface area contributed by atoms with Crippen molar-refractivity contribution in [3.8, 4) is 11.3 Å². The zero-order valence-corrected chi connectivity index (χ0v) is 19.6. The van der Waals surface area contributed by atoms with Crippen molar-refractivity contribution in [1.29, 1.82) is 0 Å². The molecule has 5 nitrogen and oxygen atoms in total. The van der Waals surface area contributed by atoms with E-state index in [1.807, 2.05) is 35.7 Å². The first kappa shape index (κ1) is 22.0. The van der Waals surface area contributed by atoms with Gasteiger partial charge in [0.15, 0.2) is 5.13 Å². The van der Waals surface area contributed by atoms with E-state index in [-0.39, 0.29) is 18.4 Å². The predicted molar refractivity (Wildman–Crippen MR) is 133 cm³/mol. The fourth-order valence-electron chi connectivity index (χ4n) is 2.77. The number of thiocarbonyl (C=S) groups is 1. The van der Waals surface area contributed by atoms with E-state index in [2.05, 4.69) is 10.3 Å². The number of amides is 2. The molecule has 0 bridgehead atoms. The van der Waals surface area contributed by atoms with Crippen LogP contribution in [0.15, 0.2) is 58.8 Å². The molecule has 2 amide bonds. The van der Waals surface area contributed by atoms with Gasteiger partial charge >= 0.3 is 0 Å². The summed E-state index contributed by atoms with van der Waals surface area (Å²) in [5, 5.41) is 5.98. The van der Waals surface area contributed by atoms with Crippen LogP contribution < -0.4 is 5.32 Å². The van der Waals surface area contributed by atoms with E-state index in [1.165, 1.54) is 16.2 Å². The van der Waals surface area contributed by atoms with Crippen molar-refractivity contribution in [2.45, 2.75) is 0 Å². The maximum Gasteiger partial charge on any atom is 0.266 e. The molecule has 0 spiro atoms. The van der Waals surface area contributed by atoms with Crippen molar-refractivity contribution in [3.05, 3.63) is 74.4 Å². The molecule has 0 radical (unpaired) electrons. The highest BCUT2D eigenvalue weighted by molar-refractivity contribution is 8.26. The Hall–Kier alpha value is -2.23. The number of hydrogen-bond donors (Lipinski definition) is 1. The van der Waals surface area contributed by atoms with Gasteiger partial charge in [0.05, 0.1) is 10.6 Å². The molecule has 1 aromatic heterocycles. The molecular weight excluding hydrogens is 493 g/mol. The number of halogens is 2. The molecule has 1 aliphatic heterocycles. The lowest BCUT2D eigenvalue weighted by molar-refractivity contribution is -0.126. The number of hydrogen-bond acceptors (Lipinski definition) is 6. The summed E-state index contributed by atoms with van der Waals surface area (Å²) in [6.07, 6.45) is 1.64. The Kier molecular flexibility index (Phi) is 6.74. The maximum absolute atomic E-state index is 12.8. The van der Waals surface area contributed by atoms with Crippen LogP contribution in [0.4, 0.5) is 5.13 Å². The summed E-state index contributed by atoms with van der Waals surface area (Å²) in [5.41, 5.74) is 2.38. The Morgan fingerprint density at radius 2 is 1.97 bits per heavy atom. The van der Waals surface area contributed by atoms with Crippen LogP contribution in [0.3, 0.4) is 0 Å². The third-order valence-electron chi connectivity index (χ3n) is 4.24. The number of anilines is 1. The third kappa shape index (κ3) is 5.16. The predicted octanol–water partition coefficient (Wildman–Crippen LogP) is 5.96. The van der Waals surface area contributed by atoms with Crippen molar-refractivity contribution >= 4 is 85.9 Å². The molecule has 1 fully saturated rings. The average molecular weight is 506 g/mol. The summed E-state index contributed by atoms with van der Waals surface area (Å²) in [6.45, 7) is -0.198. The molecule has 1 aliphatic rings. The molecule has 0 aliphatic carbocycles. The SMILES string of the molecule is O=C(CN1C(=O)C(=Cc2ccc(Cl)cc2Cl)SC1=S)Nc1nc(-c2ccccc2)cs1. The van der Waals surface area contributed by atoms with Gasteiger partial charge in [-0.15, -0.1) is 11.3 Å². The first-order chi connectivity index (χ1) is 14.9. The summed E-state index contributed by atoms with van der Waals surface area (Å²) in [7, 11) is 0. The van der Waals surface area contributed by atoms with E-state index < -0.39 is 0 Å². The van der Waals surface area contributed by atoms with Crippen molar-refractivity contribution < 1.29 is 9.59 Å². The lowest BCUT2D eigenvalue weighted by atomic mass is 10.2. The van der Waals surface area contributed by atoms with Crippen LogP contribution in [0.1, 0.15) is 5.56 Å². The summed E-state index contributed by atoms with van der Waals surface area (Å²) >= 11 is 19.8. The van der Waals surface area contributed by atoms with E-state index >= 15 is 0 Å². The van der Waals surface area contributed by atoms with Gasteiger partial charge < -0.3 is 5.32 Å². The fraction of sp³-hybridized carbons (Fsp3) is 0.0476. The molecule has 1 saturated heterocycles. The van der Waals surface area contributed by atoms with E-state index in [0.717, 1.165) is 23.0 Å². The first-order valence-electron chi connectivity index (χ1n) is 8.92. The highest BCUT2D eigenvalue weighted by atomic mass is 35.5. The van der Waals surface area contributed by atoms with Gasteiger partial charge in [-0.1, -0.05) is 83.6 Å². The van der Waals surface area contributed by atoms with Gasteiger partial charge in [-0.05, 0) is 23.8 Å². The third-order valence-corrected chi connectivity index (χ3v) is 6.94. The van der Waals surface area contributed by atoms with Gasteiger partial charge in [-0.2, -0.15) is 0 Å². The minimum Gasteiger partial charge on any atom is -0.300 e. The Morgan fingerprint density at radius 3 is 2.71 bits per heavy atom. The number of carbonyl (C=O) groups excluding carboxylic acids is 2. The zero-order valence-electron chi connectivity index (χ0n) is 15.7. The number of nitrogens with one attached hydrogen (secondary N) is 1. The van der Waals surface area contributed by atoms with E-state index in [0.29, 0.717) is 30.0 Å². The zero-order chi connectivity index (χ0) is 22.0. The summed E-state index contributed by atoms with van der Waals surface area (Å²) in [4.78, 5) is 31.3. The van der Waals surface area contributed by atoms with E-state index in [4.69, 9.17) is 35.4 Å². The average Bonchev–Trinajstić information content (AvgIpc) is 3.31. The van der Waals surface area contributed by atoms with Crippen LogP contribution in [0, 0.1) is 0 Å². The fourth-order valence-corrected chi connectivity index (χ4v) is 5.22. The highest BCUT2D eigenvalue weighted by Gasteiger charge is 2.33. The van der Waals surface area contributed by atoms with Gasteiger partial charge in [0.25, 0.3) is 5.91 Å². The molecule has 4 rings (SSSR count). The summed E-state index contributed by atoms with van der Waals surface area (Å²) < 4.78 is 0.306. The molecule has 3 aromatic rings. The Morgan fingerprint density at radius 1 is 1.19 bits per heavy atom. The molecule has 2 heterocycles. The smallest absolute Gasteiger partial charge is 0.266 e. The molecule has 2 aromatic carbocycles. The number of carbonyl (C=O) groups is 2. The minimum absolute atomic E-state index is 0.198. The van der Waals surface area contributed by atoms with Crippen molar-refractivity contribution in [3.63, 3.8) is 0 Å². The topological polar surface area (TPSA) is 62.3 Å². The normalized spacial score (nSPS) is 15.0. The van der Waals surface area contributed by atoms with Gasteiger partial charge in [-0.25, -0.2) is 4.98 Å². The van der Waals surface area contributed by atoms with Gasteiger partial charge in [0.1, 0.15) is 10.9 Å². The highest BCUT2D eigenvalue weighted by Crippen LogP contribution is 2.34. The number of rotatable bonds is 5. The number of aromatic nitrogens is 1. The van der Waals surface area contributed by atoms with Crippen LogP contribution in [-0.4, -0.2) is 32.6 Å². The Balaban J connectivity index is 1.43. The summed E-state index contributed by atoms with van der Waals surface area (Å²) in [6, 6.07) is 14.7. The van der Waals surface area contributed by atoms with Crippen LogP contribution >= 0.6 is 58.5 Å². The van der Waals surface area contributed by atoms with Crippen molar-refractivity contribution in [1.82, 2.24) is 9.88 Å². The largest absolute Gasteiger partial charge is 0.300 e. The van der Waals surface area contributed by atoms with Crippen LogP contribution in [-0.2, 0) is 9.59 Å². The van der Waals surface area contributed by atoms with E-state index in [1.54, 1.807) is 24.3 Å². The number of thiazole rings is 1. The van der Waals surface area contributed by atoms with Crippen LogP contribution in [0.2, 0.25) is 10.0 Å². The lowest BCUT2D eigenvalue weighted by Crippen LogP contribution is -2.36. The minimum atomic E-state index is -0.379. The monoisotopic (exact) mass is 505 g/mol. The van der Waals surface area contributed by atoms with Crippen LogP contribution in [0.5, 0.6) is 0 Å². The molecule has 31 heavy (non-hydrogen) atoms. The number of nitrogens with zero attached hydrogens (tertiary/aromatic N) is 2. The Bertz CT molecular complexity index is 1210. The second kappa shape index (κ2) is 9.50. The molecule has 10 heteroatoms. The van der Waals surface area contributed by atoms with Gasteiger partial charge in [0.2, 0.25) is 5.91 Å². The number of benzene rings is 2. The lowest BCUT2D eigenvalue weighted by Gasteiger charge is -2.13. The molecule has 0 unspecified atom stereocenters. The summed E-state index contributed by atoms with van der Waals surface area (Å²) in [5.74, 6) is -0.726. The molecule has 0 saturated carbocycles. The van der Waals surface area contributed by atoms with Gasteiger partial charge in [-0.3, -0.25) is 14.5 Å². The van der Waals surface area contributed by atoms with Gasteiger partial charge in [0, 0.05) is 21.0 Å². The molecule has 156 valence electrons. The van der Waals surface area contributed by atoms with Crippen molar-refractivity contribution in [2.24, 2.45) is 0 Å². The second-order valence-corrected chi connectivity index (χ2v) is 9.76. The van der Waals surface area contributed by atoms with Crippen molar-refractivity contribution in [2.75, 3.05) is 11.9 Å². The Labute approximate surface area is 202 Å². The van der Waals surface area contributed by atoms with Crippen LogP contribution in [0.25, 0.3) is 17.3 Å². The number of thioether (sulfide) groups is 1. The standard InChI is InChI=1S/C21H13Cl2N3O2S3/c22-14-7-6-13(15(23)9-14)8-17-19(28)26(21(29)31-17)10-18(27)25-20-24-16(11-30-20)12-4-2-1-3-5-12/h1-9,11H,10H2,(H,24,25,27). The molecule has 0 atom stereocenters.